The molecule has 0 saturated carbocycles. The summed E-state index contributed by atoms with van der Waals surface area (Å²) < 4.78 is 38.3. The van der Waals surface area contributed by atoms with Gasteiger partial charge in [0, 0.05) is 11.8 Å². The summed E-state index contributed by atoms with van der Waals surface area (Å²) in [6, 6.07) is 8.76. The van der Waals surface area contributed by atoms with Gasteiger partial charge in [0.2, 0.25) is 0 Å². The standard InChI is InChI=1S/C17H15F2NO5/c1-11-2-5-13(24-11)8-9-16(22)23-10-15(21)20-12-3-6-14(7-4-12)25-17(18)19/h2-9,17H,10H2,1H3,(H,20,21)/b9-8+. The maximum absolute atomic E-state index is 12.0. The van der Waals surface area contributed by atoms with Gasteiger partial charge in [-0.05, 0) is 49.4 Å². The molecule has 132 valence electrons. The summed E-state index contributed by atoms with van der Waals surface area (Å²) in [6.45, 7) is -1.64. The summed E-state index contributed by atoms with van der Waals surface area (Å²) in [5.41, 5.74) is 0.351. The first-order valence-corrected chi connectivity index (χ1v) is 7.18. The number of anilines is 1. The van der Waals surface area contributed by atoms with Crippen molar-refractivity contribution in [2.45, 2.75) is 13.5 Å². The number of nitrogens with one attached hydrogen (secondary N) is 1. The lowest BCUT2D eigenvalue weighted by Gasteiger charge is -2.07. The highest BCUT2D eigenvalue weighted by Crippen LogP contribution is 2.17. The Balaban J connectivity index is 1.76. The Bertz CT molecular complexity index is 753. The second-order valence-electron chi connectivity index (χ2n) is 4.84. The average Bonchev–Trinajstić information content (AvgIpc) is 2.98. The predicted octanol–water partition coefficient (Wildman–Crippen LogP) is 3.38. The van der Waals surface area contributed by atoms with E-state index in [1.807, 2.05) is 0 Å². The van der Waals surface area contributed by atoms with E-state index in [1.165, 1.54) is 30.3 Å². The molecular formula is C17H15F2NO5. The first-order chi connectivity index (χ1) is 11.9. The molecule has 0 aliphatic heterocycles. The first kappa shape index (κ1) is 18.2. The molecule has 1 amide bonds. The fourth-order valence-corrected chi connectivity index (χ4v) is 1.79. The number of furan rings is 1. The Morgan fingerprint density at radius 3 is 2.52 bits per heavy atom. The van der Waals surface area contributed by atoms with Gasteiger partial charge >= 0.3 is 12.6 Å². The largest absolute Gasteiger partial charge is 0.462 e. The average molecular weight is 351 g/mol. The lowest BCUT2D eigenvalue weighted by Crippen LogP contribution is -2.20. The maximum Gasteiger partial charge on any atom is 0.387 e. The number of halogens is 2. The molecule has 1 heterocycles. The molecule has 0 atom stereocenters. The van der Waals surface area contributed by atoms with Crippen LogP contribution >= 0.6 is 0 Å². The maximum atomic E-state index is 12.0. The highest BCUT2D eigenvalue weighted by atomic mass is 19.3. The highest BCUT2D eigenvalue weighted by Gasteiger charge is 2.07. The molecule has 0 fully saturated rings. The molecule has 0 saturated heterocycles. The molecule has 2 rings (SSSR count). The van der Waals surface area contributed by atoms with Gasteiger partial charge in [-0.1, -0.05) is 0 Å². The van der Waals surface area contributed by atoms with Crippen LogP contribution in [0.15, 0.2) is 46.9 Å². The van der Waals surface area contributed by atoms with Crippen molar-refractivity contribution in [2.24, 2.45) is 0 Å². The van der Waals surface area contributed by atoms with E-state index in [9.17, 15) is 18.4 Å². The summed E-state index contributed by atoms with van der Waals surface area (Å²) in [7, 11) is 0. The highest BCUT2D eigenvalue weighted by molar-refractivity contribution is 5.94. The molecule has 0 unspecified atom stereocenters. The third kappa shape index (κ3) is 6.46. The van der Waals surface area contributed by atoms with Crippen LogP contribution in [0, 0.1) is 6.92 Å². The Morgan fingerprint density at radius 2 is 1.92 bits per heavy atom. The van der Waals surface area contributed by atoms with Crippen LogP contribution < -0.4 is 10.1 Å². The fraction of sp³-hybridized carbons (Fsp3) is 0.176. The van der Waals surface area contributed by atoms with Crippen LogP contribution in [0.3, 0.4) is 0 Å². The monoisotopic (exact) mass is 351 g/mol. The van der Waals surface area contributed by atoms with E-state index in [-0.39, 0.29) is 5.75 Å². The van der Waals surface area contributed by atoms with Crippen molar-refractivity contribution >= 4 is 23.6 Å². The van der Waals surface area contributed by atoms with E-state index < -0.39 is 25.1 Å². The van der Waals surface area contributed by atoms with Crippen LogP contribution in [0.2, 0.25) is 0 Å². The van der Waals surface area contributed by atoms with E-state index in [0.717, 1.165) is 6.08 Å². The third-order valence-electron chi connectivity index (χ3n) is 2.85. The van der Waals surface area contributed by atoms with Gasteiger partial charge in [0.1, 0.15) is 17.3 Å². The number of amides is 1. The number of rotatable bonds is 7. The number of ether oxygens (including phenoxy) is 2. The molecule has 0 radical (unpaired) electrons. The number of carbonyl (C=O) groups is 2. The molecule has 0 spiro atoms. The van der Waals surface area contributed by atoms with Crippen LogP contribution in [0.1, 0.15) is 11.5 Å². The summed E-state index contributed by atoms with van der Waals surface area (Å²) in [4.78, 5) is 23.2. The summed E-state index contributed by atoms with van der Waals surface area (Å²) >= 11 is 0. The van der Waals surface area contributed by atoms with Crippen molar-refractivity contribution in [3.63, 3.8) is 0 Å². The summed E-state index contributed by atoms with van der Waals surface area (Å²) in [5.74, 6) is -0.108. The molecule has 0 aliphatic carbocycles. The van der Waals surface area contributed by atoms with Gasteiger partial charge in [-0.2, -0.15) is 8.78 Å². The van der Waals surface area contributed by atoms with Crippen molar-refractivity contribution in [1.29, 1.82) is 0 Å². The van der Waals surface area contributed by atoms with Crippen LogP contribution in [0.5, 0.6) is 5.75 Å². The lowest BCUT2D eigenvalue weighted by atomic mass is 10.3. The number of benzene rings is 1. The topological polar surface area (TPSA) is 77.8 Å². The molecule has 25 heavy (non-hydrogen) atoms. The van der Waals surface area contributed by atoms with Crippen LogP contribution in [0.25, 0.3) is 6.08 Å². The smallest absolute Gasteiger partial charge is 0.387 e. The molecule has 1 aromatic heterocycles. The number of hydrogen-bond acceptors (Lipinski definition) is 5. The minimum absolute atomic E-state index is 0.0299. The van der Waals surface area contributed by atoms with E-state index in [1.54, 1.807) is 19.1 Å². The SMILES string of the molecule is Cc1ccc(/C=C/C(=O)OCC(=O)Nc2ccc(OC(F)F)cc2)o1. The zero-order valence-corrected chi connectivity index (χ0v) is 13.2. The third-order valence-corrected chi connectivity index (χ3v) is 2.85. The van der Waals surface area contributed by atoms with Crippen molar-refractivity contribution in [3.8, 4) is 5.75 Å². The predicted molar refractivity (Wildman–Crippen MR) is 85.1 cm³/mol. The van der Waals surface area contributed by atoms with Gasteiger partial charge in [-0.15, -0.1) is 0 Å². The molecule has 0 aliphatic rings. The Kier molecular flexibility index (Phi) is 6.27. The fourth-order valence-electron chi connectivity index (χ4n) is 1.79. The molecule has 6 nitrogen and oxygen atoms in total. The first-order valence-electron chi connectivity index (χ1n) is 7.18. The van der Waals surface area contributed by atoms with Crippen molar-refractivity contribution in [2.75, 3.05) is 11.9 Å². The second kappa shape index (κ2) is 8.62. The molecule has 0 bridgehead atoms. The Morgan fingerprint density at radius 1 is 1.20 bits per heavy atom. The van der Waals surface area contributed by atoms with Crippen molar-refractivity contribution in [1.82, 2.24) is 0 Å². The van der Waals surface area contributed by atoms with Crippen LogP contribution in [-0.4, -0.2) is 25.1 Å². The zero-order valence-electron chi connectivity index (χ0n) is 13.2. The van der Waals surface area contributed by atoms with Crippen LogP contribution in [0.4, 0.5) is 14.5 Å². The van der Waals surface area contributed by atoms with Crippen LogP contribution in [-0.2, 0) is 14.3 Å². The van der Waals surface area contributed by atoms with Gasteiger partial charge < -0.3 is 19.2 Å². The second-order valence-corrected chi connectivity index (χ2v) is 4.84. The number of aryl methyl sites for hydroxylation is 1. The van der Waals surface area contributed by atoms with Gasteiger partial charge in [0.15, 0.2) is 6.61 Å². The van der Waals surface area contributed by atoms with Gasteiger partial charge in [-0.25, -0.2) is 4.79 Å². The quantitative estimate of drug-likeness (QED) is 0.611. The number of hydrogen-bond donors (Lipinski definition) is 1. The molecule has 1 N–H and O–H groups in total. The minimum atomic E-state index is -2.92. The lowest BCUT2D eigenvalue weighted by molar-refractivity contribution is -0.142. The van der Waals surface area contributed by atoms with Gasteiger partial charge in [0.05, 0.1) is 0 Å². The molecule has 1 aromatic carbocycles. The van der Waals surface area contributed by atoms with E-state index in [0.29, 0.717) is 17.2 Å². The summed E-state index contributed by atoms with van der Waals surface area (Å²) in [6.07, 6.45) is 2.57. The zero-order chi connectivity index (χ0) is 18.2. The molecule has 8 heteroatoms. The van der Waals surface area contributed by atoms with Gasteiger partial charge in [0.25, 0.3) is 5.91 Å². The van der Waals surface area contributed by atoms with Crippen molar-refractivity contribution in [3.05, 3.63) is 54.0 Å². The molecule has 2 aromatic rings. The Hall–Kier alpha value is -3.16. The van der Waals surface area contributed by atoms with Crippen molar-refractivity contribution < 1.29 is 32.3 Å². The molecular weight excluding hydrogens is 336 g/mol. The van der Waals surface area contributed by atoms with E-state index in [4.69, 9.17) is 9.15 Å². The minimum Gasteiger partial charge on any atom is -0.462 e. The number of alkyl halides is 2. The number of esters is 1. The van der Waals surface area contributed by atoms with Gasteiger partial charge in [-0.3, -0.25) is 4.79 Å². The summed E-state index contributed by atoms with van der Waals surface area (Å²) in [5, 5.41) is 2.45. The normalized spacial score (nSPS) is 10.9. The van der Waals surface area contributed by atoms with E-state index in [2.05, 4.69) is 10.1 Å². The number of carbonyl (C=O) groups excluding carboxylic acids is 2. The Labute approximate surface area is 142 Å². The van der Waals surface area contributed by atoms with E-state index >= 15 is 0 Å².